The summed E-state index contributed by atoms with van der Waals surface area (Å²) in [5, 5.41) is 15.0. The van der Waals surface area contributed by atoms with E-state index < -0.39 is 4.92 Å². The average molecular weight is 361 g/mol. The molecule has 0 aromatic heterocycles. The molecule has 136 valence electrons. The third kappa shape index (κ3) is 5.15. The molecule has 1 N–H and O–H groups in total. The van der Waals surface area contributed by atoms with Crippen LogP contribution in [0.4, 0.5) is 11.4 Å². The van der Waals surface area contributed by atoms with Crippen LogP contribution in [0.3, 0.4) is 0 Å². The van der Waals surface area contributed by atoms with Gasteiger partial charge in [-0.1, -0.05) is 30.3 Å². The van der Waals surface area contributed by atoms with Gasteiger partial charge in [0.25, 0.3) is 5.69 Å². The lowest BCUT2D eigenvalue weighted by Crippen LogP contribution is -2.00. The van der Waals surface area contributed by atoms with E-state index in [1.807, 2.05) is 61.5 Å². The number of nitro benzene ring substituents is 1. The fourth-order valence-electron chi connectivity index (χ4n) is 2.40. The van der Waals surface area contributed by atoms with E-state index in [1.54, 1.807) is 12.1 Å². The predicted octanol–water partition coefficient (Wildman–Crippen LogP) is 5.01. The first-order valence-electron chi connectivity index (χ1n) is 8.44. The Kier molecular flexibility index (Phi) is 5.79. The van der Waals surface area contributed by atoms with Crippen LogP contribution in [-0.4, -0.2) is 10.6 Å². The van der Waals surface area contributed by atoms with E-state index in [4.69, 9.17) is 4.74 Å². The maximum atomic E-state index is 10.7. The summed E-state index contributed by atoms with van der Waals surface area (Å²) in [5.41, 5.74) is 6.50. The first kappa shape index (κ1) is 18.1. The van der Waals surface area contributed by atoms with Gasteiger partial charge in [0, 0.05) is 12.1 Å². The summed E-state index contributed by atoms with van der Waals surface area (Å²) in [6, 6.07) is 23.8. The van der Waals surface area contributed by atoms with Gasteiger partial charge in [-0.15, -0.1) is 0 Å². The van der Waals surface area contributed by atoms with Gasteiger partial charge < -0.3 is 4.74 Å². The van der Waals surface area contributed by atoms with Crippen molar-refractivity contribution in [3.8, 4) is 5.75 Å². The van der Waals surface area contributed by atoms with Crippen LogP contribution in [0.5, 0.6) is 5.75 Å². The number of hydrogen-bond donors (Lipinski definition) is 1. The van der Waals surface area contributed by atoms with Crippen LogP contribution in [0, 0.1) is 10.1 Å². The normalized spacial score (nSPS) is 11.1. The minimum atomic E-state index is -0.431. The summed E-state index contributed by atoms with van der Waals surface area (Å²) in [5.74, 6) is 0.790. The van der Waals surface area contributed by atoms with Crippen LogP contribution in [0.15, 0.2) is 84.0 Å². The molecule has 0 aliphatic rings. The number of nitrogens with zero attached hydrogens (tertiary/aromatic N) is 2. The number of hydrazone groups is 1. The van der Waals surface area contributed by atoms with Crippen molar-refractivity contribution < 1.29 is 9.66 Å². The quantitative estimate of drug-likeness (QED) is 0.364. The first-order valence-corrected chi connectivity index (χ1v) is 8.44. The highest BCUT2D eigenvalue weighted by atomic mass is 16.6. The molecule has 0 spiro atoms. The van der Waals surface area contributed by atoms with Crippen LogP contribution in [-0.2, 0) is 6.61 Å². The Morgan fingerprint density at radius 2 is 1.67 bits per heavy atom. The maximum absolute atomic E-state index is 10.7. The lowest BCUT2D eigenvalue weighted by atomic mass is 10.1. The molecule has 27 heavy (non-hydrogen) atoms. The van der Waals surface area contributed by atoms with E-state index in [0.29, 0.717) is 12.3 Å². The number of anilines is 1. The van der Waals surface area contributed by atoms with Gasteiger partial charge in [0.05, 0.1) is 16.3 Å². The Morgan fingerprint density at radius 3 is 2.30 bits per heavy atom. The average Bonchev–Trinajstić information content (AvgIpc) is 2.72. The van der Waals surface area contributed by atoms with Gasteiger partial charge in [0.15, 0.2) is 0 Å². The molecule has 3 rings (SSSR count). The lowest BCUT2D eigenvalue weighted by molar-refractivity contribution is -0.384. The van der Waals surface area contributed by atoms with Crippen LogP contribution in [0.2, 0.25) is 0 Å². The highest BCUT2D eigenvalue weighted by molar-refractivity contribution is 5.99. The van der Waals surface area contributed by atoms with Crippen molar-refractivity contribution in [1.29, 1.82) is 0 Å². The Hall–Kier alpha value is -3.67. The Labute approximate surface area is 157 Å². The fourth-order valence-corrected chi connectivity index (χ4v) is 2.40. The first-order chi connectivity index (χ1) is 13.1. The van der Waals surface area contributed by atoms with Gasteiger partial charge in [-0.3, -0.25) is 15.5 Å². The molecule has 0 aliphatic heterocycles. The van der Waals surface area contributed by atoms with Crippen molar-refractivity contribution in [3.05, 3.63) is 100 Å². The van der Waals surface area contributed by atoms with E-state index >= 15 is 0 Å². The van der Waals surface area contributed by atoms with Gasteiger partial charge in [0.2, 0.25) is 0 Å². The molecular formula is C21H19N3O3. The molecule has 3 aromatic rings. The second-order valence-electron chi connectivity index (χ2n) is 5.91. The Balaban J connectivity index is 1.58. The maximum Gasteiger partial charge on any atom is 0.269 e. The number of ether oxygens (including phenoxy) is 1. The molecule has 0 atom stereocenters. The van der Waals surface area contributed by atoms with Crippen LogP contribution in [0.25, 0.3) is 0 Å². The zero-order valence-electron chi connectivity index (χ0n) is 14.8. The molecule has 0 saturated heterocycles. The van der Waals surface area contributed by atoms with Gasteiger partial charge >= 0.3 is 0 Å². The van der Waals surface area contributed by atoms with Crippen molar-refractivity contribution in [2.45, 2.75) is 13.5 Å². The molecule has 6 heteroatoms. The van der Waals surface area contributed by atoms with Crippen molar-refractivity contribution in [3.63, 3.8) is 0 Å². The lowest BCUT2D eigenvalue weighted by Gasteiger charge is -2.08. The summed E-state index contributed by atoms with van der Waals surface area (Å²) < 4.78 is 5.78. The molecular weight excluding hydrogens is 342 g/mol. The van der Waals surface area contributed by atoms with E-state index in [0.717, 1.165) is 22.6 Å². The zero-order valence-corrected chi connectivity index (χ0v) is 14.8. The number of nitrogens with one attached hydrogen (secondary N) is 1. The second kappa shape index (κ2) is 8.62. The molecule has 0 aliphatic carbocycles. The monoisotopic (exact) mass is 361 g/mol. The second-order valence-corrected chi connectivity index (χ2v) is 5.91. The molecule has 0 fully saturated rings. The summed E-state index contributed by atoms with van der Waals surface area (Å²) in [4.78, 5) is 10.2. The fraction of sp³-hybridized carbons (Fsp3) is 0.0952. The van der Waals surface area contributed by atoms with Crippen LogP contribution in [0.1, 0.15) is 18.1 Å². The van der Waals surface area contributed by atoms with E-state index in [1.165, 1.54) is 12.1 Å². The minimum absolute atomic E-state index is 0.0485. The molecule has 0 bridgehead atoms. The Morgan fingerprint density at radius 1 is 1.00 bits per heavy atom. The number of nitro groups is 1. The molecule has 0 amide bonds. The van der Waals surface area contributed by atoms with Crippen LogP contribution < -0.4 is 10.2 Å². The van der Waals surface area contributed by atoms with Crippen molar-refractivity contribution in [1.82, 2.24) is 0 Å². The topological polar surface area (TPSA) is 76.8 Å². The molecule has 0 heterocycles. The zero-order chi connectivity index (χ0) is 19.1. The minimum Gasteiger partial charge on any atom is -0.489 e. The van der Waals surface area contributed by atoms with E-state index in [-0.39, 0.29) is 5.69 Å². The number of non-ortho nitro benzene ring substituents is 1. The van der Waals surface area contributed by atoms with Gasteiger partial charge in [-0.05, 0) is 54.4 Å². The van der Waals surface area contributed by atoms with Crippen molar-refractivity contribution in [2.24, 2.45) is 5.10 Å². The number of hydrogen-bond acceptors (Lipinski definition) is 5. The van der Waals surface area contributed by atoms with Gasteiger partial charge in [-0.2, -0.15) is 5.10 Å². The Bertz CT molecular complexity index is 921. The third-order valence-electron chi connectivity index (χ3n) is 3.95. The summed E-state index contributed by atoms with van der Waals surface area (Å²) in [6.45, 7) is 2.41. The predicted molar refractivity (Wildman–Crippen MR) is 106 cm³/mol. The van der Waals surface area contributed by atoms with Gasteiger partial charge in [-0.25, -0.2) is 0 Å². The molecule has 0 saturated carbocycles. The standard InChI is InChI=1S/C21H19N3O3/c1-16(22-23-19-9-11-20(12-10-19)24(25)26)18-7-13-21(14-8-18)27-15-17-5-3-2-4-6-17/h2-14,23H,15H2,1H3. The SMILES string of the molecule is CC(=NNc1ccc([N+](=O)[O-])cc1)c1ccc(OCc2ccccc2)cc1. The molecule has 0 unspecified atom stereocenters. The van der Waals surface area contributed by atoms with Crippen molar-refractivity contribution in [2.75, 3.05) is 5.43 Å². The van der Waals surface area contributed by atoms with E-state index in [9.17, 15) is 10.1 Å². The molecule has 3 aromatic carbocycles. The summed E-state index contributed by atoms with van der Waals surface area (Å²) >= 11 is 0. The molecule has 0 radical (unpaired) electrons. The summed E-state index contributed by atoms with van der Waals surface area (Å²) in [6.07, 6.45) is 0. The smallest absolute Gasteiger partial charge is 0.269 e. The number of benzene rings is 3. The van der Waals surface area contributed by atoms with Crippen molar-refractivity contribution >= 4 is 17.1 Å². The summed E-state index contributed by atoms with van der Waals surface area (Å²) in [7, 11) is 0. The van der Waals surface area contributed by atoms with Crippen LogP contribution >= 0.6 is 0 Å². The van der Waals surface area contributed by atoms with E-state index in [2.05, 4.69) is 10.5 Å². The number of rotatable bonds is 7. The largest absolute Gasteiger partial charge is 0.489 e. The highest BCUT2D eigenvalue weighted by Gasteiger charge is 2.04. The van der Waals surface area contributed by atoms with Gasteiger partial charge in [0.1, 0.15) is 12.4 Å². The third-order valence-corrected chi connectivity index (χ3v) is 3.95. The highest BCUT2D eigenvalue weighted by Crippen LogP contribution is 2.17. The molecule has 6 nitrogen and oxygen atoms in total.